The minimum Gasteiger partial charge on any atom is -0.480 e. The fraction of sp³-hybridized carbons (Fsp3) is 0.353. The molecule has 0 spiro atoms. The lowest BCUT2D eigenvalue weighted by atomic mass is 9.95. The van der Waals surface area contributed by atoms with Gasteiger partial charge in [-0.1, -0.05) is 12.5 Å². The molecule has 0 aliphatic carbocycles. The van der Waals surface area contributed by atoms with Gasteiger partial charge in [0.2, 0.25) is 0 Å². The van der Waals surface area contributed by atoms with Crippen molar-refractivity contribution >= 4 is 33.2 Å². The van der Waals surface area contributed by atoms with Gasteiger partial charge in [-0.3, -0.25) is 9.69 Å². The molecule has 2 heterocycles. The van der Waals surface area contributed by atoms with Gasteiger partial charge in [-0.2, -0.15) is 0 Å². The maximum atomic E-state index is 14.5. The zero-order valence-corrected chi connectivity index (χ0v) is 15.1. The van der Waals surface area contributed by atoms with E-state index in [-0.39, 0.29) is 0 Å². The number of rotatable bonds is 4. The van der Waals surface area contributed by atoms with Gasteiger partial charge < -0.3 is 5.11 Å². The van der Waals surface area contributed by atoms with E-state index in [1.807, 2.05) is 17.0 Å². The van der Waals surface area contributed by atoms with Crippen LogP contribution in [-0.2, 0) is 4.79 Å². The molecule has 1 aromatic heterocycles. The second-order valence-electron chi connectivity index (χ2n) is 5.80. The van der Waals surface area contributed by atoms with E-state index in [2.05, 4.69) is 15.9 Å². The Bertz CT molecular complexity index is 752. The van der Waals surface area contributed by atoms with E-state index >= 15 is 0 Å². The van der Waals surface area contributed by atoms with Crippen LogP contribution in [0, 0.1) is 11.6 Å². The summed E-state index contributed by atoms with van der Waals surface area (Å²) in [5.41, 5.74) is 0.305. The van der Waals surface area contributed by atoms with E-state index in [0.717, 1.165) is 27.6 Å². The first kappa shape index (κ1) is 17.5. The number of piperidine rings is 1. The molecule has 1 fully saturated rings. The molecule has 2 atom stereocenters. The number of carboxylic acid groups (broad SMARTS) is 1. The summed E-state index contributed by atoms with van der Waals surface area (Å²) in [6, 6.07) is 5.98. The van der Waals surface area contributed by atoms with Gasteiger partial charge >= 0.3 is 5.97 Å². The smallest absolute Gasteiger partial charge is 0.320 e. The summed E-state index contributed by atoms with van der Waals surface area (Å²) < 4.78 is 28.7. The average molecular weight is 416 g/mol. The molecule has 3 nitrogen and oxygen atoms in total. The van der Waals surface area contributed by atoms with Crippen LogP contribution in [0.4, 0.5) is 8.78 Å². The van der Waals surface area contributed by atoms with Gasteiger partial charge in [0.05, 0.1) is 9.83 Å². The topological polar surface area (TPSA) is 40.5 Å². The summed E-state index contributed by atoms with van der Waals surface area (Å²) in [6.45, 7) is 0.563. The summed E-state index contributed by atoms with van der Waals surface area (Å²) in [5.74, 6) is -2.20. The number of aliphatic carboxylic acids is 1. The molecular weight excluding hydrogens is 400 g/mol. The van der Waals surface area contributed by atoms with Crippen LogP contribution in [0.2, 0.25) is 0 Å². The Morgan fingerprint density at radius 1 is 1.29 bits per heavy atom. The minimum atomic E-state index is -0.905. The number of halogens is 3. The monoisotopic (exact) mass is 415 g/mol. The average Bonchev–Trinajstić information content (AvgIpc) is 2.96. The quantitative estimate of drug-likeness (QED) is 0.777. The molecule has 0 radical (unpaired) electrons. The lowest BCUT2D eigenvalue weighted by Crippen LogP contribution is -2.46. The van der Waals surface area contributed by atoms with Gasteiger partial charge in [0.15, 0.2) is 0 Å². The molecule has 1 saturated heterocycles. The first-order chi connectivity index (χ1) is 11.5. The predicted octanol–water partition coefficient (Wildman–Crippen LogP) is 4.82. The summed E-state index contributed by atoms with van der Waals surface area (Å²) in [5, 5.41) is 9.57. The number of carbonyl (C=O) groups is 1. The molecule has 1 aromatic carbocycles. The van der Waals surface area contributed by atoms with Gasteiger partial charge in [0, 0.05) is 16.5 Å². The van der Waals surface area contributed by atoms with E-state index in [0.29, 0.717) is 18.5 Å². The van der Waals surface area contributed by atoms with Crippen molar-refractivity contribution in [1.29, 1.82) is 0 Å². The van der Waals surface area contributed by atoms with Crippen LogP contribution in [0.25, 0.3) is 0 Å². The molecule has 24 heavy (non-hydrogen) atoms. The minimum absolute atomic E-state index is 0.305. The molecule has 0 amide bonds. The van der Waals surface area contributed by atoms with Crippen molar-refractivity contribution in [2.75, 3.05) is 6.54 Å². The molecule has 2 aromatic rings. The van der Waals surface area contributed by atoms with E-state index in [9.17, 15) is 18.7 Å². The fourth-order valence-corrected chi connectivity index (χ4v) is 4.79. The van der Waals surface area contributed by atoms with Crippen LogP contribution in [0.5, 0.6) is 0 Å². The molecule has 3 rings (SSSR count). The van der Waals surface area contributed by atoms with Crippen molar-refractivity contribution < 1.29 is 18.7 Å². The fourth-order valence-electron chi connectivity index (χ4n) is 3.22. The lowest BCUT2D eigenvalue weighted by Gasteiger charge is -2.39. The van der Waals surface area contributed by atoms with E-state index < -0.39 is 29.7 Å². The zero-order chi connectivity index (χ0) is 17.3. The first-order valence-corrected chi connectivity index (χ1v) is 9.27. The third kappa shape index (κ3) is 3.53. The summed E-state index contributed by atoms with van der Waals surface area (Å²) in [4.78, 5) is 14.3. The second-order valence-corrected chi connectivity index (χ2v) is 8.29. The lowest BCUT2D eigenvalue weighted by molar-refractivity contribution is -0.145. The molecule has 128 valence electrons. The number of nitrogens with zero attached hydrogens (tertiary/aromatic N) is 1. The van der Waals surface area contributed by atoms with E-state index in [4.69, 9.17) is 0 Å². The Morgan fingerprint density at radius 2 is 2.08 bits per heavy atom. The number of thiophene rings is 1. The standard InChI is InChI=1S/C17H16BrF2NO2S/c18-15-7-6-14(24-15)16(11-5-4-10(19)9-12(11)20)21-8-2-1-3-13(21)17(22)23/h4-7,9,13,16H,1-3,8H2,(H,22,23). The van der Waals surface area contributed by atoms with Crippen LogP contribution in [0.15, 0.2) is 34.1 Å². The first-order valence-electron chi connectivity index (χ1n) is 7.66. The zero-order valence-electron chi connectivity index (χ0n) is 12.7. The molecular formula is C17H16BrF2NO2S. The highest BCUT2D eigenvalue weighted by Gasteiger charge is 2.36. The highest BCUT2D eigenvalue weighted by atomic mass is 79.9. The predicted molar refractivity (Wildman–Crippen MR) is 92.2 cm³/mol. The van der Waals surface area contributed by atoms with Gasteiger partial charge in [0.25, 0.3) is 0 Å². The number of benzene rings is 1. The molecule has 2 unspecified atom stereocenters. The maximum absolute atomic E-state index is 14.5. The van der Waals surface area contributed by atoms with Crippen LogP contribution >= 0.6 is 27.3 Å². The largest absolute Gasteiger partial charge is 0.480 e. The number of likely N-dealkylation sites (tertiary alicyclic amines) is 1. The third-order valence-electron chi connectivity index (χ3n) is 4.28. The Hall–Kier alpha value is -1.31. The molecule has 1 aliphatic heterocycles. The van der Waals surface area contributed by atoms with Crippen molar-refractivity contribution in [2.45, 2.75) is 31.3 Å². The Morgan fingerprint density at radius 3 is 2.71 bits per heavy atom. The summed E-state index contributed by atoms with van der Waals surface area (Å²) in [7, 11) is 0. The van der Waals surface area contributed by atoms with Gasteiger partial charge in [0.1, 0.15) is 17.7 Å². The van der Waals surface area contributed by atoms with Gasteiger partial charge in [-0.15, -0.1) is 11.3 Å². The Labute approximate surface area is 151 Å². The second kappa shape index (κ2) is 7.29. The maximum Gasteiger partial charge on any atom is 0.320 e. The van der Waals surface area contributed by atoms with Crippen molar-refractivity contribution in [1.82, 2.24) is 4.90 Å². The number of carboxylic acids is 1. The van der Waals surface area contributed by atoms with Crippen molar-refractivity contribution in [3.8, 4) is 0 Å². The van der Waals surface area contributed by atoms with Crippen LogP contribution in [0.1, 0.15) is 35.7 Å². The molecule has 7 heteroatoms. The Balaban J connectivity index is 2.09. The summed E-state index contributed by atoms with van der Waals surface area (Å²) in [6.07, 6.45) is 2.22. The van der Waals surface area contributed by atoms with Crippen LogP contribution < -0.4 is 0 Å². The SMILES string of the molecule is O=C(O)C1CCCCN1C(c1ccc(Br)s1)c1ccc(F)cc1F. The van der Waals surface area contributed by atoms with Crippen molar-refractivity contribution in [2.24, 2.45) is 0 Å². The van der Waals surface area contributed by atoms with Crippen LogP contribution in [-0.4, -0.2) is 28.6 Å². The van der Waals surface area contributed by atoms with E-state index in [1.165, 1.54) is 23.5 Å². The molecule has 0 bridgehead atoms. The number of hydrogen-bond acceptors (Lipinski definition) is 3. The normalized spacial score (nSPS) is 20.0. The summed E-state index contributed by atoms with van der Waals surface area (Å²) >= 11 is 4.83. The third-order valence-corrected chi connectivity index (χ3v) is 5.96. The van der Waals surface area contributed by atoms with Crippen LogP contribution in [0.3, 0.4) is 0 Å². The number of hydrogen-bond donors (Lipinski definition) is 1. The van der Waals surface area contributed by atoms with Gasteiger partial charge in [-0.25, -0.2) is 8.78 Å². The molecule has 1 N–H and O–H groups in total. The van der Waals surface area contributed by atoms with Crippen molar-refractivity contribution in [3.05, 3.63) is 56.2 Å². The molecule has 1 aliphatic rings. The Kier molecular flexibility index (Phi) is 5.32. The van der Waals surface area contributed by atoms with Gasteiger partial charge in [-0.05, 0) is 53.5 Å². The van der Waals surface area contributed by atoms with E-state index in [1.54, 1.807) is 0 Å². The molecule has 0 saturated carbocycles. The highest BCUT2D eigenvalue weighted by Crippen LogP contribution is 2.39. The highest BCUT2D eigenvalue weighted by molar-refractivity contribution is 9.11. The van der Waals surface area contributed by atoms with Crippen molar-refractivity contribution in [3.63, 3.8) is 0 Å².